The molecule has 0 unspecified atom stereocenters. The summed E-state index contributed by atoms with van der Waals surface area (Å²) in [4.78, 5) is 0. The van der Waals surface area contributed by atoms with Crippen molar-refractivity contribution in [2.24, 2.45) is 0 Å². The Labute approximate surface area is 76.4 Å². The summed E-state index contributed by atoms with van der Waals surface area (Å²) in [5.41, 5.74) is 0. The van der Waals surface area contributed by atoms with E-state index in [9.17, 15) is 0 Å². The Hall–Kier alpha value is -0.0400. The fourth-order valence-corrected chi connectivity index (χ4v) is 0.737. The first-order valence-corrected chi connectivity index (χ1v) is 4.69. The Balaban J connectivity index is 2.75. The predicted molar refractivity (Wildman–Crippen MR) is 48.9 cm³/mol. The van der Waals surface area contributed by atoms with Crippen LogP contribution in [0.3, 0.4) is 0 Å². The van der Waals surface area contributed by atoms with Gasteiger partial charge in [-0.2, -0.15) is 0 Å². The first-order chi connectivity index (χ1) is 5.41. The highest BCUT2D eigenvalue weighted by Gasteiger charge is 1.87. The molecule has 0 aliphatic heterocycles. The van der Waals surface area contributed by atoms with Crippen molar-refractivity contribution in [2.45, 2.75) is 6.42 Å². The van der Waals surface area contributed by atoms with Crippen LogP contribution >= 0.6 is 15.9 Å². The summed E-state index contributed by atoms with van der Waals surface area (Å²) in [5, 5.41) is 0.872. The topological polar surface area (TPSA) is 18.5 Å². The number of hydrogen-bond donors (Lipinski definition) is 0. The number of ether oxygens (including phenoxy) is 2. The molecule has 2 nitrogen and oxygen atoms in total. The van der Waals surface area contributed by atoms with Crippen molar-refractivity contribution < 1.29 is 9.47 Å². The van der Waals surface area contributed by atoms with Gasteiger partial charge < -0.3 is 9.47 Å². The Kier molecular flexibility index (Phi) is 9.92. The minimum Gasteiger partial charge on any atom is -0.378 e. The standard InChI is InChI=1S/C8H13BrO2/c1-2-3-5-10-7-8-11-6-4-9/h1H,3-8H2. The zero-order chi connectivity index (χ0) is 8.36. The van der Waals surface area contributed by atoms with Crippen molar-refractivity contribution in [1.29, 1.82) is 0 Å². The minimum absolute atomic E-state index is 0.633. The largest absolute Gasteiger partial charge is 0.378 e. The van der Waals surface area contributed by atoms with Crippen LogP contribution in [-0.2, 0) is 9.47 Å². The van der Waals surface area contributed by atoms with Crippen molar-refractivity contribution in [3.8, 4) is 12.3 Å². The minimum atomic E-state index is 0.633. The number of rotatable bonds is 7. The van der Waals surface area contributed by atoms with E-state index in [-0.39, 0.29) is 0 Å². The highest BCUT2D eigenvalue weighted by atomic mass is 79.9. The van der Waals surface area contributed by atoms with Crippen LogP contribution in [0, 0.1) is 12.3 Å². The van der Waals surface area contributed by atoms with Gasteiger partial charge in [-0.15, -0.1) is 12.3 Å². The van der Waals surface area contributed by atoms with E-state index in [0.29, 0.717) is 26.2 Å². The lowest BCUT2D eigenvalue weighted by molar-refractivity contribution is 0.0565. The molecule has 0 radical (unpaired) electrons. The van der Waals surface area contributed by atoms with Crippen LogP contribution in [0.25, 0.3) is 0 Å². The molecule has 0 saturated heterocycles. The van der Waals surface area contributed by atoms with Crippen LogP contribution in [-0.4, -0.2) is 31.8 Å². The van der Waals surface area contributed by atoms with Crippen molar-refractivity contribution in [1.82, 2.24) is 0 Å². The summed E-state index contributed by atoms with van der Waals surface area (Å²) in [5.74, 6) is 2.50. The Bertz CT molecular complexity index is 109. The van der Waals surface area contributed by atoms with Crippen LogP contribution < -0.4 is 0 Å². The lowest BCUT2D eigenvalue weighted by atomic mass is 10.5. The molecule has 0 fully saturated rings. The van der Waals surface area contributed by atoms with E-state index in [2.05, 4.69) is 21.9 Å². The van der Waals surface area contributed by atoms with Gasteiger partial charge in [0, 0.05) is 11.8 Å². The molecular formula is C8H13BrO2. The number of hydrogen-bond acceptors (Lipinski definition) is 2. The second-order valence-corrected chi connectivity index (χ2v) is 2.66. The molecule has 64 valence electrons. The summed E-state index contributed by atoms with van der Waals surface area (Å²) in [6.07, 6.45) is 5.70. The molecule has 0 spiro atoms. The molecule has 11 heavy (non-hydrogen) atoms. The zero-order valence-corrected chi connectivity index (χ0v) is 8.10. The van der Waals surface area contributed by atoms with Gasteiger partial charge in [-0.3, -0.25) is 0 Å². The second kappa shape index (κ2) is 9.96. The lowest BCUT2D eigenvalue weighted by Crippen LogP contribution is -2.06. The average Bonchev–Trinajstić information content (AvgIpc) is 2.03. The lowest BCUT2D eigenvalue weighted by Gasteiger charge is -2.01. The molecule has 0 atom stereocenters. The molecule has 0 saturated carbocycles. The summed E-state index contributed by atoms with van der Waals surface area (Å²) < 4.78 is 10.3. The van der Waals surface area contributed by atoms with Gasteiger partial charge >= 0.3 is 0 Å². The fraction of sp³-hybridized carbons (Fsp3) is 0.750. The summed E-state index contributed by atoms with van der Waals surface area (Å²) >= 11 is 3.25. The maximum absolute atomic E-state index is 5.14. The van der Waals surface area contributed by atoms with Crippen LogP contribution in [0.2, 0.25) is 0 Å². The quantitative estimate of drug-likeness (QED) is 0.368. The third-order valence-corrected chi connectivity index (χ3v) is 1.31. The van der Waals surface area contributed by atoms with Gasteiger partial charge in [0.15, 0.2) is 0 Å². The van der Waals surface area contributed by atoms with Gasteiger partial charge in [0.05, 0.1) is 26.4 Å². The van der Waals surface area contributed by atoms with E-state index >= 15 is 0 Å². The molecule has 0 amide bonds. The van der Waals surface area contributed by atoms with E-state index < -0.39 is 0 Å². The molecule has 0 aliphatic carbocycles. The fourth-order valence-electron chi connectivity index (χ4n) is 0.508. The molecule has 0 N–H and O–H groups in total. The molecule has 0 aliphatic rings. The maximum Gasteiger partial charge on any atom is 0.0700 e. The molecule has 0 aromatic carbocycles. The van der Waals surface area contributed by atoms with E-state index in [1.807, 2.05) is 0 Å². The van der Waals surface area contributed by atoms with Crippen molar-refractivity contribution in [3.63, 3.8) is 0 Å². The molecular weight excluding hydrogens is 208 g/mol. The molecule has 0 aromatic heterocycles. The van der Waals surface area contributed by atoms with E-state index in [4.69, 9.17) is 15.9 Å². The van der Waals surface area contributed by atoms with Gasteiger partial charge in [0.2, 0.25) is 0 Å². The molecule has 0 bridgehead atoms. The van der Waals surface area contributed by atoms with Crippen LogP contribution in [0.5, 0.6) is 0 Å². The number of alkyl halides is 1. The van der Waals surface area contributed by atoms with Gasteiger partial charge in [-0.25, -0.2) is 0 Å². The smallest absolute Gasteiger partial charge is 0.0700 e. The van der Waals surface area contributed by atoms with E-state index in [0.717, 1.165) is 11.9 Å². The number of halogens is 1. The van der Waals surface area contributed by atoms with Gasteiger partial charge in [0.25, 0.3) is 0 Å². The first kappa shape index (κ1) is 11.0. The Morgan fingerprint density at radius 3 is 2.27 bits per heavy atom. The second-order valence-electron chi connectivity index (χ2n) is 1.87. The Morgan fingerprint density at radius 2 is 1.73 bits per heavy atom. The van der Waals surface area contributed by atoms with E-state index in [1.165, 1.54) is 0 Å². The summed E-state index contributed by atoms with van der Waals surface area (Å²) in [6, 6.07) is 0. The van der Waals surface area contributed by atoms with Crippen molar-refractivity contribution in [3.05, 3.63) is 0 Å². The van der Waals surface area contributed by atoms with Crippen LogP contribution in [0.4, 0.5) is 0 Å². The summed E-state index contributed by atoms with van der Waals surface area (Å²) in [6.45, 7) is 2.65. The van der Waals surface area contributed by atoms with Crippen LogP contribution in [0.1, 0.15) is 6.42 Å². The third kappa shape index (κ3) is 9.96. The zero-order valence-electron chi connectivity index (χ0n) is 6.51. The van der Waals surface area contributed by atoms with Crippen molar-refractivity contribution >= 4 is 15.9 Å². The Morgan fingerprint density at radius 1 is 1.09 bits per heavy atom. The molecule has 0 rings (SSSR count). The molecule has 3 heteroatoms. The van der Waals surface area contributed by atoms with Crippen molar-refractivity contribution in [2.75, 3.05) is 31.8 Å². The number of terminal acetylenes is 1. The summed E-state index contributed by atoms with van der Waals surface area (Å²) in [7, 11) is 0. The third-order valence-electron chi connectivity index (χ3n) is 0.984. The van der Waals surface area contributed by atoms with Gasteiger partial charge in [0.1, 0.15) is 0 Å². The van der Waals surface area contributed by atoms with Gasteiger partial charge in [-0.05, 0) is 0 Å². The highest BCUT2D eigenvalue weighted by Crippen LogP contribution is 1.84. The van der Waals surface area contributed by atoms with Crippen LogP contribution in [0.15, 0.2) is 0 Å². The first-order valence-electron chi connectivity index (χ1n) is 3.56. The maximum atomic E-state index is 5.14. The molecule has 0 aromatic rings. The highest BCUT2D eigenvalue weighted by molar-refractivity contribution is 9.09. The SMILES string of the molecule is C#CCCOCCOCCBr. The average molecular weight is 221 g/mol. The van der Waals surface area contributed by atoms with E-state index in [1.54, 1.807) is 0 Å². The monoisotopic (exact) mass is 220 g/mol. The molecule has 0 heterocycles. The normalized spacial score (nSPS) is 9.45. The van der Waals surface area contributed by atoms with Gasteiger partial charge in [-0.1, -0.05) is 15.9 Å². The predicted octanol–water partition coefficient (Wildman–Crippen LogP) is 1.44.